The van der Waals surface area contributed by atoms with Crippen LogP contribution in [0.4, 0.5) is 13.2 Å². The number of amides is 1. The predicted molar refractivity (Wildman–Crippen MR) is 150 cm³/mol. The lowest BCUT2D eigenvalue weighted by atomic mass is 9.57. The van der Waals surface area contributed by atoms with Crippen LogP contribution in [0.3, 0.4) is 0 Å². The van der Waals surface area contributed by atoms with Crippen molar-refractivity contribution in [3.05, 3.63) is 63.0 Å². The first kappa shape index (κ1) is 32.0. The van der Waals surface area contributed by atoms with Gasteiger partial charge >= 0.3 is 6.08 Å². The Kier molecular flexibility index (Phi) is 8.39. The molecule has 0 bridgehead atoms. The number of aliphatic hydroxyl groups is 3. The van der Waals surface area contributed by atoms with Gasteiger partial charge in [-0.2, -0.15) is 8.78 Å². The number of phenols is 1. The lowest BCUT2D eigenvalue weighted by molar-refractivity contribution is -0.153. The lowest BCUT2D eigenvalue weighted by Crippen LogP contribution is -2.65. The van der Waals surface area contributed by atoms with Crippen LogP contribution in [0.2, 0.25) is 0 Å². The van der Waals surface area contributed by atoms with E-state index in [1.165, 1.54) is 19.0 Å². The molecular formula is C30H34F3N3O7. The fraction of sp³-hybridized carbons (Fsp3) is 0.433. The summed E-state index contributed by atoms with van der Waals surface area (Å²) in [6.45, 7) is 4.04. The highest BCUT2D eigenvalue weighted by molar-refractivity contribution is 6.24. The maximum absolute atomic E-state index is 15.0. The van der Waals surface area contributed by atoms with Crippen molar-refractivity contribution in [2.75, 3.05) is 27.7 Å². The number of likely N-dealkylation sites (N-methyl/N-ethyl adjacent to an activating group) is 2. The standard InChI is InChI=1S/C30H34F3N3O7/c1-6-12(2)10-36(5)11-14-8-16(21(31)28(32)33)15-7-13-9-17-22(35(3)4)25(39)20(29(34)42)27(41)30(17,43)26(40)18(13)24(38)19(15)23(14)37/h6,8,13,17,22,37-38,41,43H,7,9-11H2,1-5H3,(H2,34,42)/b12-6+/t13-,17-,22-,30-/m0/s1. The first-order chi connectivity index (χ1) is 20.0. The summed E-state index contributed by atoms with van der Waals surface area (Å²) >= 11 is 0. The molecular weight excluding hydrogens is 571 g/mol. The molecule has 232 valence electrons. The second-order valence-corrected chi connectivity index (χ2v) is 11.6. The number of carbonyl (C=O) groups is 3. The van der Waals surface area contributed by atoms with Gasteiger partial charge in [0.05, 0.1) is 11.6 Å². The molecule has 4 atom stereocenters. The number of carbonyl (C=O) groups excluding carboxylic acids is 3. The molecule has 3 aliphatic carbocycles. The fourth-order valence-electron chi connectivity index (χ4n) is 6.65. The van der Waals surface area contributed by atoms with Crippen molar-refractivity contribution in [3.63, 3.8) is 0 Å². The van der Waals surface area contributed by atoms with Gasteiger partial charge < -0.3 is 26.2 Å². The Bertz CT molecular complexity index is 1560. The molecule has 0 aromatic heterocycles. The summed E-state index contributed by atoms with van der Waals surface area (Å²) < 4.78 is 42.3. The van der Waals surface area contributed by atoms with E-state index in [1.54, 1.807) is 11.9 Å². The third-order valence-corrected chi connectivity index (χ3v) is 8.65. The molecule has 6 N–H and O–H groups in total. The highest BCUT2D eigenvalue weighted by Gasteiger charge is 2.64. The van der Waals surface area contributed by atoms with E-state index in [2.05, 4.69) is 0 Å². The largest absolute Gasteiger partial charge is 0.508 e. The van der Waals surface area contributed by atoms with Crippen LogP contribution in [0, 0.1) is 11.8 Å². The maximum Gasteiger partial charge on any atom is 0.306 e. The van der Waals surface area contributed by atoms with Crippen molar-refractivity contribution in [3.8, 4) is 5.75 Å². The zero-order chi connectivity index (χ0) is 32.3. The fourth-order valence-corrected chi connectivity index (χ4v) is 6.65. The molecule has 0 spiro atoms. The number of benzene rings is 1. The van der Waals surface area contributed by atoms with E-state index < -0.39 is 92.4 Å². The normalized spacial score (nSPS) is 25.7. The Morgan fingerprint density at radius 2 is 1.79 bits per heavy atom. The average molecular weight is 606 g/mol. The van der Waals surface area contributed by atoms with Gasteiger partial charge in [-0.3, -0.25) is 24.2 Å². The molecule has 1 aromatic rings. The molecule has 1 saturated carbocycles. The number of aromatic hydroxyl groups is 1. The average Bonchev–Trinajstić information content (AvgIpc) is 2.91. The number of halogens is 3. The van der Waals surface area contributed by atoms with Gasteiger partial charge in [0.2, 0.25) is 5.78 Å². The van der Waals surface area contributed by atoms with E-state index in [-0.39, 0.29) is 30.5 Å². The minimum atomic E-state index is -2.86. The first-order valence-corrected chi connectivity index (χ1v) is 13.5. The highest BCUT2D eigenvalue weighted by Crippen LogP contribution is 2.54. The zero-order valence-corrected chi connectivity index (χ0v) is 24.3. The van der Waals surface area contributed by atoms with E-state index in [0.717, 1.165) is 11.6 Å². The molecule has 0 radical (unpaired) electrons. The monoisotopic (exact) mass is 605 g/mol. The summed E-state index contributed by atoms with van der Waals surface area (Å²) in [7, 11) is 4.58. The summed E-state index contributed by atoms with van der Waals surface area (Å²) in [5, 5.41) is 45.4. The number of nitrogens with two attached hydrogens (primary N) is 1. The number of nitrogens with zero attached hydrogens (tertiary/aromatic N) is 2. The smallest absolute Gasteiger partial charge is 0.306 e. The van der Waals surface area contributed by atoms with Gasteiger partial charge in [0.1, 0.15) is 22.8 Å². The number of aliphatic hydroxyl groups excluding tert-OH is 2. The Labute approximate surface area is 245 Å². The highest BCUT2D eigenvalue weighted by atomic mass is 19.3. The number of rotatable bonds is 7. The Hall–Kier alpha value is -3.94. The van der Waals surface area contributed by atoms with E-state index in [4.69, 9.17) is 5.73 Å². The van der Waals surface area contributed by atoms with Crippen LogP contribution < -0.4 is 5.73 Å². The minimum absolute atomic E-state index is 0.0170. The van der Waals surface area contributed by atoms with Gasteiger partial charge in [0.25, 0.3) is 5.91 Å². The number of hydrogen-bond acceptors (Lipinski definition) is 9. The number of phenolic OH excluding ortho intramolecular Hbond substituents is 1. The van der Waals surface area contributed by atoms with Gasteiger partial charge in [-0.05, 0) is 65.4 Å². The molecule has 1 amide bonds. The van der Waals surface area contributed by atoms with Crippen molar-refractivity contribution in [1.29, 1.82) is 0 Å². The summed E-state index contributed by atoms with van der Waals surface area (Å²) in [5.74, 6) is -10.6. The van der Waals surface area contributed by atoms with Crippen molar-refractivity contribution < 1.29 is 48.0 Å². The molecule has 0 aliphatic heterocycles. The third kappa shape index (κ3) is 4.94. The summed E-state index contributed by atoms with van der Waals surface area (Å²) in [6.07, 6.45) is -1.36. The number of ketones is 2. The van der Waals surface area contributed by atoms with Crippen LogP contribution in [0.1, 0.15) is 42.5 Å². The number of Topliss-reactive ketones (excluding diaryl/α,β-unsaturated/α-hetero) is 2. The van der Waals surface area contributed by atoms with Crippen LogP contribution in [0.15, 0.2) is 40.7 Å². The Morgan fingerprint density at radius 1 is 1.16 bits per heavy atom. The van der Waals surface area contributed by atoms with Crippen LogP contribution in [-0.2, 0) is 27.3 Å². The van der Waals surface area contributed by atoms with Gasteiger partial charge in [-0.1, -0.05) is 11.6 Å². The minimum Gasteiger partial charge on any atom is -0.508 e. The van der Waals surface area contributed by atoms with Gasteiger partial charge in [0, 0.05) is 35.7 Å². The number of hydrogen-bond donors (Lipinski definition) is 5. The van der Waals surface area contributed by atoms with Crippen molar-refractivity contribution in [2.45, 2.75) is 44.9 Å². The van der Waals surface area contributed by atoms with Crippen LogP contribution >= 0.6 is 0 Å². The third-order valence-electron chi connectivity index (χ3n) is 8.65. The van der Waals surface area contributed by atoms with Crippen molar-refractivity contribution in [2.24, 2.45) is 17.6 Å². The zero-order valence-electron chi connectivity index (χ0n) is 24.3. The molecule has 0 saturated heterocycles. The molecule has 0 unspecified atom stereocenters. The molecule has 0 heterocycles. The molecule has 10 nitrogen and oxygen atoms in total. The van der Waals surface area contributed by atoms with Crippen LogP contribution in [-0.4, -0.2) is 87.0 Å². The van der Waals surface area contributed by atoms with E-state index in [9.17, 15) is 48.0 Å². The summed E-state index contributed by atoms with van der Waals surface area (Å²) in [6, 6.07) is -0.243. The molecule has 13 heteroatoms. The second kappa shape index (κ2) is 11.3. The van der Waals surface area contributed by atoms with Gasteiger partial charge in [-0.25, -0.2) is 4.39 Å². The van der Waals surface area contributed by atoms with Gasteiger partial charge in [-0.15, -0.1) is 0 Å². The molecule has 4 rings (SSSR count). The first-order valence-electron chi connectivity index (χ1n) is 13.5. The summed E-state index contributed by atoms with van der Waals surface area (Å²) in [5.41, 5.74) is 0.740. The Morgan fingerprint density at radius 3 is 2.33 bits per heavy atom. The quantitative estimate of drug-likeness (QED) is 0.232. The number of fused-ring (bicyclic) bond motifs is 3. The second-order valence-electron chi connectivity index (χ2n) is 11.6. The number of allylic oxidation sites excluding steroid dienone is 1. The SMILES string of the molecule is C/C=C(\C)CN(C)Cc1cc(C(F)=C(F)F)c2c(c1O)C(O)=C1C(=O)[C@]3(O)C(O)=C(C(N)=O)C(=O)[C@@H](N(C)C)[C@@H]3C[C@@H]1C2. The predicted octanol–water partition coefficient (Wildman–Crippen LogP) is 2.90. The van der Waals surface area contributed by atoms with Crippen molar-refractivity contribution >= 4 is 29.1 Å². The Balaban J connectivity index is 1.98. The maximum atomic E-state index is 15.0. The van der Waals surface area contributed by atoms with Crippen LogP contribution in [0.5, 0.6) is 5.75 Å². The molecule has 3 aliphatic rings. The van der Waals surface area contributed by atoms with E-state index in [0.29, 0.717) is 6.54 Å². The van der Waals surface area contributed by atoms with Crippen molar-refractivity contribution in [1.82, 2.24) is 9.80 Å². The molecule has 43 heavy (non-hydrogen) atoms. The van der Waals surface area contributed by atoms with Crippen LogP contribution in [0.25, 0.3) is 11.6 Å². The molecule has 1 aromatic carbocycles. The number of primary amides is 1. The van der Waals surface area contributed by atoms with E-state index in [1.807, 2.05) is 19.9 Å². The lowest BCUT2D eigenvalue weighted by Gasteiger charge is -2.50. The molecule has 1 fully saturated rings. The topological polar surface area (TPSA) is 165 Å². The van der Waals surface area contributed by atoms with Gasteiger partial charge in [0.15, 0.2) is 17.2 Å². The van der Waals surface area contributed by atoms with E-state index >= 15 is 0 Å². The summed E-state index contributed by atoms with van der Waals surface area (Å²) in [4.78, 5) is 42.4.